The summed E-state index contributed by atoms with van der Waals surface area (Å²) in [6.07, 6.45) is 5.92. The van der Waals surface area contributed by atoms with Crippen molar-refractivity contribution in [1.29, 1.82) is 0 Å². The van der Waals surface area contributed by atoms with E-state index in [9.17, 15) is 0 Å². The lowest BCUT2D eigenvalue weighted by atomic mass is 10.2. The molecule has 2 nitrogen and oxygen atoms in total. The van der Waals surface area contributed by atoms with Crippen LogP contribution >= 0.6 is 27.5 Å². The second-order valence-electron chi connectivity index (χ2n) is 3.57. The fraction of sp³-hybridized carbons (Fsp3) is 0.250. The van der Waals surface area contributed by atoms with Gasteiger partial charge in [0.2, 0.25) is 0 Å². The van der Waals surface area contributed by atoms with Crippen LogP contribution < -0.4 is 0 Å². The van der Waals surface area contributed by atoms with E-state index in [4.69, 9.17) is 11.6 Å². The van der Waals surface area contributed by atoms with E-state index in [0.29, 0.717) is 5.88 Å². The van der Waals surface area contributed by atoms with Gasteiger partial charge in [-0.05, 0) is 36.6 Å². The minimum atomic E-state index is 0.696. The van der Waals surface area contributed by atoms with Crippen LogP contribution in [-0.2, 0) is 6.42 Å². The van der Waals surface area contributed by atoms with Crippen molar-refractivity contribution in [3.63, 3.8) is 0 Å². The maximum atomic E-state index is 5.66. The van der Waals surface area contributed by atoms with Crippen LogP contribution in [0.4, 0.5) is 0 Å². The number of aryl methyl sites for hydroxylation is 1. The van der Waals surface area contributed by atoms with Gasteiger partial charge in [-0.15, -0.1) is 11.6 Å². The van der Waals surface area contributed by atoms with Crippen molar-refractivity contribution in [2.45, 2.75) is 12.8 Å². The summed E-state index contributed by atoms with van der Waals surface area (Å²) < 4.78 is 2.94. The first-order chi connectivity index (χ1) is 7.79. The fourth-order valence-electron chi connectivity index (χ4n) is 1.52. The van der Waals surface area contributed by atoms with E-state index in [0.717, 1.165) is 23.0 Å². The van der Waals surface area contributed by atoms with Crippen LogP contribution in [0.1, 0.15) is 12.0 Å². The lowest BCUT2D eigenvalue weighted by molar-refractivity contribution is 0.877. The van der Waals surface area contributed by atoms with Gasteiger partial charge < -0.3 is 0 Å². The van der Waals surface area contributed by atoms with Crippen molar-refractivity contribution in [3.8, 4) is 5.69 Å². The van der Waals surface area contributed by atoms with E-state index >= 15 is 0 Å². The Labute approximate surface area is 108 Å². The predicted molar refractivity (Wildman–Crippen MR) is 70.3 cm³/mol. The van der Waals surface area contributed by atoms with Gasteiger partial charge >= 0.3 is 0 Å². The van der Waals surface area contributed by atoms with Crippen LogP contribution in [0.15, 0.2) is 41.1 Å². The quantitative estimate of drug-likeness (QED) is 0.785. The minimum Gasteiger partial charge on any atom is -0.241 e. The standard InChI is InChI=1S/C12H12BrClN2/c13-11-4-1-5-12(7-11)16-9-10(8-15-16)3-2-6-14/h1,4-5,7-9H,2-3,6H2. The Morgan fingerprint density at radius 3 is 3.00 bits per heavy atom. The van der Waals surface area contributed by atoms with E-state index in [-0.39, 0.29) is 0 Å². The van der Waals surface area contributed by atoms with Gasteiger partial charge in [-0.1, -0.05) is 22.0 Å². The lowest BCUT2D eigenvalue weighted by Crippen LogP contribution is -1.93. The van der Waals surface area contributed by atoms with Crippen LogP contribution in [0, 0.1) is 0 Å². The van der Waals surface area contributed by atoms with E-state index in [1.54, 1.807) is 0 Å². The summed E-state index contributed by atoms with van der Waals surface area (Å²) in [4.78, 5) is 0. The summed E-state index contributed by atoms with van der Waals surface area (Å²) in [6.45, 7) is 0. The lowest BCUT2D eigenvalue weighted by Gasteiger charge is -2.00. The van der Waals surface area contributed by atoms with Crippen molar-refractivity contribution in [1.82, 2.24) is 9.78 Å². The number of alkyl halides is 1. The Balaban J connectivity index is 2.18. The fourth-order valence-corrected chi connectivity index (χ4v) is 2.04. The highest BCUT2D eigenvalue weighted by Gasteiger charge is 2.01. The second kappa shape index (κ2) is 5.51. The molecule has 2 rings (SSSR count). The third-order valence-electron chi connectivity index (χ3n) is 2.31. The first-order valence-corrected chi connectivity index (χ1v) is 6.48. The molecule has 0 aliphatic heterocycles. The molecule has 16 heavy (non-hydrogen) atoms. The second-order valence-corrected chi connectivity index (χ2v) is 4.86. The molecule has 84 valence electrons. The van der Waals surface area contributed by atoms with Gasteiger partial charge in [0.15, 0.2) is 0 Å². The van der Waals surface area contributed by atoms with Crippen molar-refractivity contribution in [3.05, 3.63) is 46.7 Å². The number of aromatic nitrogens is 2. The van der Waals surface area contributed by atoms with E-state index in [1.165, 1.54) is 5.56 Å². The monoisotopic (exact) mass is 298 g/mol. The van der Waals surface area contributed by atoms with Crippen molar-refractivity contribution in [2.75, 3.05) is 5.88 Å². The first-order valence-electron chi connectivity index (χ1n) is 5.15. The van der Waals surface area contributed by atoms with E-state index in [1.807, 2.05) is 41.3 Å². The largest absolute Gasteiger partial charge is 0.241 e. The van der Waals surface area contributed by atoms with E-state index < -0.39 is 0 Å². The molecular weight excluding hydrogens is 288 g/mol. The third kappa shape index (κ3) is 2.86. The Morgan fingerprint density at radius 2 is 2.25 bits per heavy atom. The molecule has 0 aliphatic carbocycles. The molecule has 0 amide bonds. The molecule has 0 aliphatic rings. The highest BCUT2D eigenvalue weighted by molar-refractivity contribution is 9.10. The molecule has 0 fully saturated rings. The number of hydrogen-bond donors (Lipinski definition) is 0. The smallest absolute Gasteiger partial charge is 0.0656 e. The predicted octanol–water partition coefficient (Wildman–Crippen LogP) is 3.81. The highest BCUT2D eigenvalue weighted by Crippen LogP contribution is 2.15. The third-order valence-corrected chi connectivity index (χ3v) is 3.07. The Kier molecular flexibility index (Phi) is 4.02. The maximum Gasteiger partial charge on any atom is 0.0656 e. The van der Waals surface area contributed by atoms with Crippen LogP contribution in [0.5, 0.6) is 0 Å². The van der Waals surface area contributed by atoms with Gasteiger partial charge in [0, 0.05) is 16.5 Å². The van der Waals surface area contributed by atoms with Crippen molar-refractivity contribution in [2.24, 2.45) is 0 Å². The van der Waals surface area contributed by atoms with Crippen LogP contribution in [-0.4, -0.2) is 15.7 Å². The molecule has 0 atom stereocenters. The molecule has 2 aromatic rings. The topological polar surface area (TPSA) is 17.8 Å². The number of benzene rings is 1. The van der Waals surface area contributed by atoms with Gasteiger partial charge in [-0.3, -0.25) is 0 Å². The summed E-state index contributed by atoms with van der Waals surface area (Å²) in [6, 6.07) is 8.07. The zero-order chi connectivity index (χ0) is 11.4. The van der Waals surface area contributed by atoms with Crippen LogP contribution in [0.25, 0.3) is 5.69 Å². The van der Waals surface area contributed by atoms with Gasteiger partial charge in [-0.25, -0.2) is 4.68 Å². The van der Waals surface area contributed by atoms with Gasteiger partial charge in [0.05, 0.1) is 11.9 Å². The Bertz CT molecular complexity index is 468. The number of halogens is 2. The van der Waals surface area contributed by atoms with Crippen LogP contribution in [0.2, 0.25) is 0 Å². The summed E-state index contributed by atoms with van der Waals surface area (Å²) in [5, 5.41) is 4.33. The van der Waals surface area contributed by atoms with E-state index in [2.05, 4.69) is 21.0 Å². The molecule has 4 heteroatoms. The molecule has 0 radical (unpaired) electrons. The molecule has 0 bridgehead atoms. The molecule has 1 aromatic carbocycles. The van der Waals surface area contributed by atoms with Crippen molar-refractivity contribution >= 4 is 27.5 Å². The summed E-state index contributed by atoms with van der Waals surface area (Å²) in [7, 11) is 0. The summed E-state index contributed by atoms with van der Waals surface area (Å²) >= 11 is 9.11. The molecule has 1 heterocycles. The van der Waals surface area contributed by atoms with Crippen LogP contribution in [0.3, 0.4) is 0 Å². The summed E-state index contributed by atoms with van der Waals surface area (Å²) in [5.74, 6) is 0.696. The Morgan fingerprint density at radius 1 is 1.38 bits per heavy atom. The Hall–Kier alpha value is -0.800. The normalized spacial score (nSPS) is 10.6. The van der Waals surface area contributed by atoms with Gasteiger partial charge in [-0.2, -0.15) is 5.10 Å². The molecule has 1 aromatic heterocycles. The SMILES string of the molecule is ClCCCc1cnn(-c2cccc(Br)c2)c1. The molecular formula is C12H12BrClN2. The number of rotatable bonds is 4. The number of nitrogens with zero attached hydrogens (tertiary/aromatic N) is 2. The van der Waals surface area contributed by atoms with Gasteiger partial charge in [0.25, 0.3) is 0 Å². The maximum absolute atomic E-state index is 5.66. The first kappa shape index (κ1) is 11.7. The van der Waals surface area contributed by atoms with Gasteiger partial charge in [0.1, 0.15) is 0 Å². The zero-order valence-electron chi connectivity index (χ0n) is 8.74. The molecule has 0 saturated carbocycles. The highest BCUT2D eigenvalue weighted by atomic mass is 79.9. The number of hydrogen-bond acceptors (Lipinski definition) is 1. The molecule has 0 spiro atoms. The average molecular weight is 300 g/mol. The van der Waals surface area contributed by atoms with Crippen molar-refractivity contribution < 1.29 is 0 Å². The molecule has 0 saturated heterocycles. The molecule has 0 N–H and O–H groups in total. The summed E-state index contributed by atoms with van der Waals surface area (Å²) in [5.41, 5.74) is 2.28. The zero-order valence-corrected chi connectivity index (χ0v) is 11.1. The molecule has 0 unspecified atom stereocenters. The average Bonchev–Trinajstić information content (AvgIpc) is 2.75. The minimum absolute atomic E-state index is 0.696.